The summed E-state index contributed by atoms with van der Waals surface area (Å²) >= 11 is 5.73. The second-order valence-electron chi connectivity index (χ2n) is 3.45. The molecular formula is C12H17ClN2O2. The Labute approximate surface area is 106 Å². The lowest BCUT2D eigenvalue weighted by Crippen LogP contribution is -2.34. The number of nitrogens with one attached hydrogen (secondary N) is 2. The van der Waals surface area contributed by atoms with Crippen LogP contribution in [0.4, 0.5) is 0 Å². The van der Waals surface area contributed by atoms with Gasteiger partial charge in [-0.15, -0.1) is 0 Å². The molecule has 1 aromatic rings. The Morgan fingerprint density at radius 1 is 1.29 bits per heavy atom. The van der Waals surface area contributed by atoms with E-state index in [1.165, 1.54) is 0 Å². The Kier molecular flexibility index (Phi) is 6.43. The van der Waals surface area contributed by atoms with Gasteiger partial charge in [-0.25, -0.2) is 0 Å². The quantitative estimate of drug-likeness (QED) is 0.726. The zero-order valence-corrected chi connectivity index (χ0v) is 10.6. The van der Waals surface area contributed by atoms with Crippen LogP contribution in [0.15, 0.2) is 24.3 Å². The second-order valence-corrected chi connectivity index (χ2v) is 3.88. The minimum absolute atomic E-state index is 0.0216. The number of ether oxygens (including phenoxy) is 1. The number of carbonyl (C=O) groups is 1. The number of halogens is 1. The summed E-state index contributed by atoms with van der Waals surface area (Å²) in [7, 11) is 0. The average molecular weight is 257 g/mol. The Morgan fingerprint density at radius 2 is 2.00 bits per heavy atom. The standard InChI is InChI=1S/C12H17ClN2O2/c1-2-14-7-8-15-12(16)9-17-11-5-3-10(13)4-6-11/h3-6,14H,2,7-9H2,1H3,(H,15,16). The van der Waals surface area contributed by atoms with Crippen molar-refractivity contribution in [2.45, 2.75) is 6.92 Å². The van der Waals surface area contributed by atoms with Crippen molar-refractivity contribution in [2.75, 3.05) is 26.2 Å². The molecular weight excluding hydrogens is 240 g/mol. The number of amides is 1. The third-order valence-electron chi connectivity index (χ3n) is 2.06. The van der Waals surface area contributed by atoms with Gasteiger partial charge in [-0.05, 0) is 30.8 Å². The van der Waals surface area contributed by atoms with E-state index in [1.807, 2.05) is 6.92 Å². The van der Waals surface area contributed by atoms with Crippen LogP contribution in [-0.2, 0) is 4.79 Å². The van der Waals surface area contributed by atoms with Gasteiger partial charge in [-0.2, -0.15) is 0 Å². The van der Waals surface area contributed by atoms with Gasteiger partial charge in [-0.1, -0.05) is 18.5 Å². The molecule has 0 unspecified atom stereocenters. The van der Waals surface area contributed by atoms with Crippen LogP contribution in [0.25, 0.3) is 0 Å². The summed E-state index contributed by atoms with van der Waals surface area (Å²) in [4.78, 5) is 11.4. The molecule has 0 aromatic heterocycles. The van der Waals surface area contributed by atoms with E-state index in [1.54, 1.807) is 24.3 Å². The van der Waals surface area contributed by atoms with Gasteiger partial charge in [0, 0.05) is 18.1 Å². The van der Waals surface area contributed by atoms with Gasteiger partial charge < -0.3 is 15.4 Å². The SMILES string of the molecule is CCNCCNC(=O)COc1ccc(Cl)cc1. The zero-order valence-electron chi connectivity index (χ0n) is 9.83. The fourth-order valence-corrected chi connectivity index (χ4v) is 1.32. The lowest BCUT2D eigenvalue weighted by Gasteiger charge is -2.07. The van der Waals surface area contributed by atoms with Gasteiger partial charge in [-0.3, -0.25) is 4.79 Å². The third-order valence-corrected chi connectivity index (χ3v) is 2.31. The first-order valence-corrected chi connectivity index (χ1v) is 5.96. The molecule has 0 saturated carbocycles. The second kappa shape index (κ2) is 7.92. The van der Waals surface area contributed by atoms with E-state index in [4.69, 9.17) is 16.3 Å². The highest BCUT2D eigenvalue weighted by molar-refractivity contribution is 6.30. The first kappa shape index (κ1) is 13.8. The van der Waals surface area contributed by atoms with Crippen molar-refractivity contribution >= 4 is 17.5 Å². The maximum Gasteiger partial charge on any atom is 0.257 e. The molecule has 1 aromatic carbocycles. The lowest BCUT2D eigenvalue weighted by molar-refractivity contribution is -0.123. The van der Waals surface area contributed by atoms with E-state index in [-0.39, 0.29) is 12.5 Å². The summed E-state index contributed by atoms with van der Waals surface area (Å²) < 4.78 is 5.29. The van der Waals surface area contributed by atoms with Crippen LogP contribution in [-0.4, -0.2) is 32.1 Å². The number of likely N-dealkylation sites (N-methyl/N-ethyl adjacent to an activating group) is 1. The van der Waals surface area contributed by atoms with E-state index >= 15 is 0 Å². The molecule has 0 fully saturated rings. The smallest absolute Gasteiger partial charge is 0.257 e. The zero-order chi connectivity index (χ0) is 12.5. The summed E-state index contributed by atoms with van der Waals surface area (Å²) in [5, 5.41) is 6.51. The number of hydrogen-bond acceptors (Lipinski definition) is 3. The molecule has 1 amide bonds. The Morgan fingerprint density at radius 3 is 2.65 bits per heavy atom. The van der Waals surface area contributed by atoms with Crippen molar-refractivity contribution in [1.82, 2.24) is 10.6 Å². The van der Waals surface area contributed by atoms with Crippen molar-refractivity contribution < 1.29 is 9.53 Å². The maximum atomic E-state index is 11.4. The predicted molar refractivity (Wildman–Crippen MR) is 68.5 cm³/mol. The number of hydrogen-bond donors (Lipinski definition) is 2. The van der Waals surface area contributed by atoms with Gasteiger partial charge in [0.2, 0.25) is 0 Å². The number of rotatable bonds is 7. The average Bonchev–Trinajstić information content (AvgIpc) is 2.34. The van der Waals surface area contributed by atoms with Crippen LogP contribution in [0.2, 0.25) is 5.02 Å². The molecule has 0 aliphatic carbocycles. The van der Waals surface area contributed by atoms with Crippen LogP contribution < -0.4 is 15.4 Å². The van der Waals surface area contributed by atoms with E-state index in [9.17, 15) is 4.79 Å². The van der Waals surface area contributed by atoms with Crippen LogP contribution in [0, 0.1) is 0 Å². The van der Waals surface area contributed by atoms with Crippen LogP contribution in [0.1, 0.15) is 6.92 Å². The van der Waals surface area contributed by atoms with Crippen LogP contribution in [0.3, 0.4) is 0 Å². The molecule has 0 aliphatic heterocycles. The number of carbonyl (C=O) groups excluding carboxylic acids is 1. The fraction of sp³-hybridized carbons (Fsp3) is 0.417. The van der Waals surface area contributed by atoms with Crippen molar-refractivity contribution in [3.63, 3.8) is 0 Å². The molecule has 94 valence electrons. The van der Waals surface area contributed by atoms with E-state index in [0.717, 1.165) is 13.1 Å². The van der Waals surface area contributed by atoms with Crippen LogP contribution in [0.5, 0.6) is 5.75 Å². The highest BCUT2D eigenvalue weighted by Gasteiger charge is 2.01. The Hall–Kier alpha value is -1.26. The largest absolute Gasteiger partial charge is 0.484 e. The first-order valence-electron chi connectivity index (χ1n) is 5.58. The molecule has 0 atom stereocenters. The Balaban J connectivity index is 2.17. The topological polar surface area (TPSA) is 50.4 Å². The minimum atomic E-state index is -0.127. The molecule has 0 aliphatic rings. The lowest BCUT2D eigenvalue weighted by atomic mass is 10.3. The monoisotopic (exact) mass is 256 g/mol. The molecule has 0 radical (unpaired) electrons. The first-order chi connectivity index (χ1) is 8.22. The predicted octanol–water partition coefficient (Wildman–Crippen LogP) is 1.44. The molecule has 0 saturated heterocycles. The molecule has 17 heavy (non-hydrogen) atoms. The third kappa shape index (κ3) is 6.14. The maximum absolute atomic E-state index is 11.4. The van der Waals surface area contributed by atoms with Crippen LogP contribution >= 0.6 is 11.6 Å². The summed E-state index contributed by atoms with van der Waals surface area (Å²) in [5.41, 5.74) is 0. The normalized spacial score (nSPS) is 10.0. The van der Waals surface area contributed by atoms with Crippen molar-refractivity contribution in [3.05, 3.63) is 29.3 Å². The molecule has 4 nitrogen and oxygen atoms in total. The molecule has 5 heteroatoms. The molecule has 0 spiro atoms. The summed E-state index contributed by atoms with van der Waals surface area (Å²) in [6.07, 6.45) is 0. The van der Waals surface area contributed by atoms with Gasteiger partial charge >= 0.3 is 0 Å². The van der Waals surface area contributed by atoms with Gasteiger partial charge in [0.25, 0.3) is 5.91 Å². The van der Waals surface area contributed by atoms with Crippen molar-refractivity contribution in [2.24, 2.45) is 0 Å². The fourth-order valence-electron chi connectivity index (χ4n) is 1.20. The van der Waals surface area contributed by atoms with Crippen molar-refractivity contribution in [1.29, 1.82) is 0 Å². The van der Waals surface area contributed by atoms with Gasteiger partial charge in [0.1, 0.15) is 5.75 Å². The highest BCUT2D eigenvalue weighted by Crippen LogP contribution is 2.15. The van der Waals surface area contributed by atoms with E-state index < -0.39 is 0 Å². The Bertz CT molecular complexity index is 341. The number of benzene rings is 1. The van der Waals surface area contributed by atoms with E-state index in [2.05, 4.69) is 10.6 Å². The summed E-state index contributed by atoms with van der Waals surface area (Å²) in [6, 6.07) is 6.91. The van der Waals surface area contributed by atoms with Gasteiger partial charge in [0.15, 0.2) is 6.61 Å². The molecule has 0 heterocycles. The van der Waals surface area contributed by atoms with Gasteiger partial charge in [0.05, 0.1) is 0 Å². The molecule has 0 bridgehead atoms. The highest BCUT2D eigenvalue weighted by atomic mass is 35.5. The molecule has 1 rings (SSSR count). The minimum Gasteiger partial charge on any atom is -0.484 e. The van der Waals surface area contributed by atoms with E-state index in [0.29, 0.717) is 17.3 Å². The molecule has 2 N–H and O–H groups in total. The van der Waals surface area contributed by atoms with Crippen molar-refractivity contribution in [3.8, 4) is 5.75 Å². The summed E-state index contributed by atoms with van der Waals surface area (Å²) in [6.45, 7) is 4.32. The summed E-state index contributed by atoms with van der Waals surface area (Å²) in [5.74, 6) is 0.508.